The van der Waals surface area contributed by atoms with E-state index in [0.717, 1.165) is 12.8 Å². The molecule has 2 fully saturated rings. The molecule has 1 aliphatic carbocycles. The summed E-state index contributed by atoms with van der Waals surface area (Å²) in [5.41, 5.74) is 2.04. The molecule has 1 saturated heterocycles. The summed E-state index contributed by atoms with van der Waals surface area (Å²) >= 11 is 6.36. The standard InChI is InChI=1S/C26H28ClFN4O5/c27-23-20(31-25-30-19-5-1-2-6-21(19)36-25)12-9-17(29-23)15-22(33)26(28,32-13-3-4-14-32)37-18-10-7-16(8-11-18)24(34)35/h1-2,5-6,9,12,16,18H,3-4,7-8,10-11,13-15H2,(H,30,31)(H,34,35)/t16-,18-,26?. The second kappa shape index (κ2) is 10.7. The first-order valence-electron chi connectivity index (χ1n) is 12.5. The second-order valence-corrected chi connectivity index (χ2v) is 9.90. The van der Waals surface area contributed by atoms with E-state index >= 15 is 4.39 Å². The fraction of sp³-hybridized carbons (Fsp3) is 0.462. The summed E-state index contributed by atoms with van der Waals surface area (Å²) in [7, 11) is 0. The highest BCUT2D eigenvalue weighted by Crippen LogP contribution is 2.34. The number of ketones is 1. The van der Waals surface area contributed by atoms with Crippen molar-refractivity contribution in [3.8, 4) is 0 Å². The van der Waals surface area contributed by atoms with Crippen molar-refractivity contribution in [3.05, 3.63) is 47.2 Å². The fourth-order valence-electron chi connectivity index (χ4n) is 4.95. The lowest BCUT2D eigenvalue weighted by Gasteiger charge is -2.37. The molecule has 0 spiro atoms. The van der Waals surface area contributed by atoms with E-state index in [0.29, 0.717) is 61.3 Å². The van der Waals surface area contributed by atoms with Crippen LogP contribution in [-0.2, 0) is 20.7 Å². The first kappa shape index (κ1) is 25.6. The minimum Gasteiger partial charge on any atom is -0.481 e. The molecule has 3 aromatic rings. The highest BCUT2D eigenvalue weighted by atomic mass is 35.5. The fourth-order valence-corrected chi connectivity index (χ4v) is 5.17. The Labute approximate surface area is 218 Å². The van der Waals surface area contributed by atoms with Gasteiger partial charge in [-0.3, -0.25) is 9.59 Å². The van der Waals surface area contributed by atoms with Crippen LogP contribution in [0.1, 0.15) is 44.2 Å². The van der Waals surface area contributed by atoms with Gasteiger partial charge in [-0.2, -0.15) is 9.37 Å². The zero-order valence-corrected chi connectivity index (χ0v) is 20.9. The Balaban J connectivity index is 1.28. The number of aromatic nitrogens is 2. The van der Waals surface area contributed by atoms with Crippen LogP contribution in [0.25, 0.3) is 11.1 Å². The number of nitrogens with zero attached hydrogens (tertiary/aromatic N) is 3. The van der Waals surface area contributed by atoms with Crippen LogP contribution in [0.3, 0.4) is 0 Å². The monoisotopic (exact) mass is 530 g/mol. The van der Waals surface area contributed by atoms with E-state index in [1.54, 1.807) is 18.2 Å². The van der Waals surface area contributed by atoms with Crippen molar-refractivity contribution in [2.45, 2.75) is 57.0 Å². The van der Waals surface area contributed by atoms with Crippen molar-refractivity contribution in [2.75, 3.05) is 18.4 Å². The Morgan fingerprint density at radius 1 is 1.14 bits per heavy atom. The molecule has 37 heavy (non-hydrogen) atoms. The maximum atomic E-state index is 16.3. The Kier molecular flexibility index (Phi) is 7.41. The van der Waals surface area contributed by atoms with E-state index < -0.39 is 29.8 Å². The SMILES string of the molecule is O=C(Cc1ccc(Nc2nc3ccccc3o2)c(Cl)n1)C(F)(O[C@H]1CC[C@H](C(=O)O)CC1)N1CCCC1. The molecule has 1 aliphatic heterocycles. The van der Waals surface area contributed by atoms with Gasteiger partial charge in [-0.1, -0.05) is 23.7 Å². The number of carboxylic acids is 1. The molecule has 3 heterocycles. The van der Waals surface area contributed by atoms with Gasteiger partial charge in [0.1, 0.15) is 5.52 Å². The number of oxazole rings is 1. The predicted octanol–water partition coefficient (Wildman–Crippen LogP) is 5.11. The third-order valence-electron chi connectivity index (χ3n) is 6.99. The number of halogens is 2. The van der Waals surface area contributed by atoms with E-state index in [1.165, 1.54) is 4.90 Å². The van der Waals surface area contributed by atoms with Crippen LogP contribution in [0, 0.1) is 5.92 Å². The third-order valence-corrected chi connectivity index (χ3v) is 7.27. The number of carbonyl (C=O) groups is 2. The Bertz CT molecular complexity index is 1260. The van der Waals surface area contributed by atoms with E-state index in [2.05, 4.69) is 15.3 Å². The molecule has 1 atom stereocenters. The first-order valence-corrected chi connectivity index (χ1v) is 12.9. The van der Waals surface area contributed by atoms with Gasteiger partial charge in [0.15, 0.2) is 10.7 Å². The number of nitrogens with one attached hydrogen (secondary N) is 1. The molecule has 1 unspecified atom stereocenters. The van der Waals surface area contributed by atoms with Gasteiger partial charge in [0.2, 0.25) is 5.78 Å². The minimum absolute atomic E-state index is 0.0890. The average molecular weight is 531 g/mol. The topological polar surface area (TPSA) is 118 Å². The quantitative estimate of drug-likeness (QED) is 0.287. The van der Waals surface area contributed by atoms with Crippen molar-refractivity contribution in [2.24, 2.45) is 5.92 Å². The summed E-state index contributed by atoms with van der Waals surface area (Å²) in [6.07, 6.45) is 2.30. The second-order valence-electron chi connectivity index (χ2n) is 9.54. The number of aliphatic carboxylic acids is 1. The zero-order chi connectivity index (χ0) is 26.0. The number of benzene rings is 1. The zero-order valence-electron chi connectivity index (χ0n) is 20.2. The maximum absolute atomic E-state index is 16.3. The number of ether oxygens (including phenoxy) is 1. The smallest absolute Gasteiger partial charge is 0.330 e. The number of hydrogen-bond donors (Lipinski definition) is 2. The van der Waals surface area contributed by atoms with Gasteiger partial charge in [-0.25, -0.2) is 9.88 Å². The van der Waals surface area contributed by atoms with E-state index in [4.69, 9.17) is 20.8 Å². The average Bonchev–Trinajstić information content (AvgIpc) is 3.56. The minimum atomic E-state index is -2.60. The number of anilines is 2. The molecule has 1 saturated carbocycles. The van der Waals surface area contributed by atoms with Crippen molar-refractivity contribution in [1.82, 2.24) is 14.9 Å². The van der Waals surface area contributed by atoms with E-state index in [-0.39, 0.29) is 17.6 Å². The molecule has 0 radical (unpaired) electrons. The van der Waals surface area contributed by atoms with Gasteiger partial charge >= 0.3 is 11.9 Å². The molecule has 9 nitrogen and oxygen atoms in total. The maximum Gasteiger partial charge on any atom is 0.330 e. The van der Waals surface area contributed by atoms with Gasteiger partial charge < -0.3 is 19.6 Å². The molecule has 11 heteroatoms. The molecular weight excluding hydrogens is 503 g/mol. The van der Waals surface area contributed by atoms with Gasteiger partial charge in [0, 0.05) is 18.8 Å². The molecule has 0 amide bonds. The lowest BCUT2D eigenvalue weighted by atomic mass is 9.87. The number of hydrogen-bond acceptors (Lipinski definition) is 8. The van der Waals surface area contributed by atoms with E-state index in [9.17, 15) is 14.7 Å². The summed E-state index contributed by atoms with van der Waals surface area (Å²) in [6.45, 7) is 0.822. The number of alkyl halides is 1. The Morgan fingerprint density at radius 3 is 2.54 bits per heavy atom. The molecule has 1 aromatic carbocycles. The molecular formula is C26H28ClFN4O5. The van der Waals surface area contributed by atoms with Crippen LogP contribution >= 0.6 is 11.6 Å². The molecule has 2 aromatic heterocycles. The van der Waals surface area contributed by atoms with E-state index in [1.807, 2.05) is 18.2 Å². The highest BCUT2D eigenvalue weighted by molar-refractivity contribution is 6.32. The molecule has 196 valence electrons. The summed E-state index contributed by atoms with van der Waals surface area (Å²) in [4.78, 5) is 34.6. The Morgan fingerprint density at radius 2 is 1.86 bits per heavy atom. The largest absolute Gasteiger partial charge is 0.481 e. The number of Topliss-reactive ketones (excluding diaryl/α,β-unsaturated/α-hetero) is 1. The lowest BCUT2D eigenvalue weighted by molar-refractivity contribution is -0.252. The van der Waals surface area contributed by atoms with Crippen LogP contribution in [0.15, 0.2) is 40.8 Å². The van der Waals surface area contributed by atoms with Crippen LogP contribution in [0.4, 0.5) is 16.1 Å². The molecule has 2 aliphatic rings. The molecule has 5 rings (SSSR count). The van der Waals surface area contributed by atoms with Crippen molar-refractivity contribution >= 4 is 46.2 Å². The van der Waals surface area contributed by atoms with Gasteiger partial charge in [0.25, 0.3) is 6.01 Å². The highest BCUT2D eigenvalue weighted by Gasteiger charge is 2.49. The number of pyridine rings is 1. The molecule has 0 bridgehead atoms. The number of carboxylic acid groups (broad SMARTS) is 1. The summed E-state index contributed by atoms with van der Waals surface area (Å²) in [5, 5.41) is 12.3. The van der Waals surface area contributed by atoms with Crippen LogP contribution < -0.4 is 5.32 Å². The summed E-state index contributed by atoms with van der Waals surface area (Å²) in [5.74, 6) is -4.65. The van der Waals surface area contributed by atoms with Gasteiger partial charge in [0.05, 0.1) is 24.1 Å². The lowest BCUT2D eigenvalue weighted by Crippen LogP contribution is -2.54. The van der Waals surface area contributed by atoms with Crippen molar-refractivity contribution < 1.29 is 28.2 Å². The van der Waals surface area contributed by atoms with Gasteiger partial charge in [-0.05, 0) is 62.8 Å². The van der Waals surface area contributed by atoms with Crippen molar-refractivity contribution in [3.63, 3.8) is 0 Å². The number of carbonyl (C=O) groups excluding carboxylic acids is 1. The normalized spacial score (nSPS) is 22.1. The summed E-state index contributed by atoms with van der Waals surface area (Å²) < 4.78 is 27.8. The van der Waals surface area contributed by atoms with Crippen LogP contribution in [0.2, 0.25) is 5.15 Å². The van der Waals surface area contributed by atoms with Crippen LogP contribution in [0.5, 0.6) is 0 Å². The predicted molar refractivity (Wildman–Crippen MR) is 134 cm³/mol. The number of likely N-dealkylation sites (tertiary alicyclic amines) is 1. The number of para-hydroxylation sites is 2. The van der Waals surface area contributed by atoms with Crippen molar-refractivity contribution in [1.29, 1.82) is 0 Å². The number of fused-ring (bicyclic) bond motifs is 1. The van der Waals surface area contributed by atoms with Crippen LogP contribution in [-0.4, -0.2) is 56.9 Å². The molecule has 2 N–H and O–H groups in total. The van der Waals surface area contributed by atoms with Gasteiger partial charge in [-0.15, -0.1) is 0 Å². The first-order chi connectivity index (χ1) is 17.8. The summed E-state index contributed by atoms with van der Waals surface area (Å²) in [6, 6.07) is 10.8. The number of rotatable bonds is 9. The Hall–Kier alpha value is -3.08. The third kappa shape index (κ3) is 5.61.